The standard InChI is InChI=1S/C15H19N3O4/c1-11-12(9-13(10-17-11)18(20)21)7-5-6-8-16-14(19)22-15(2,3)4/h9-10H,6,8H2,1-4H3,(H,16,19). The van der Waals surface area contributed by atoms with Crippen LogP contribution in [-0.4, -0.2) is 28.1 Å². The van der Waals surface area contributed by atoms with Crippen LogP contribution < -0.4 is 5.32 Å². The number of amides is 1. The first-order valence-electron chi connectivity index (χ1n) is 6.76. The van der Waals surface area contributed by atoms with E-state index in [9.17, 15) is 14.9 Å². The van der Waals surface area contributed by atoms with Gasteiger partial charge in [0, 0.05) is 19.0 Å². The number of rotatable bonds is 3. The Balaban J connectivity index is 2.53. The molecule has 7 nitrogen and oxygen atoms in total. The van der Waals surface area contributed by atoms with Gasteiger partial charge in [-0.3, -0.25) is 15.1 Å². The van der Waals surface area contributed by atoms with Crippen LogP contribution in [0.25, 0.3) is 0 Å². The third-order valence-corrected chi connectivity index (χ3v) is 2.42. The summed E-state index contributed by atoms with van der Waals surface area (Å²) in [5, 5.41) is 13.3. The highest BCUT2D eigenvalue weighted by atomic mass is 16.6. The zero-order chi connectivity index (χ0) is 16.8. The fourth-order valence-electron chi connectivity index (χ4n) is 1.45. The average Bonchev–Trinajstić information content (AvgIpc) is 2.37. The second kappa shape index (κ2) is 7.41. The summed E-state index contributed by atoms with van der Waals surface area (Å²) in [5.74, 6) is 5.67. The second-order valence-corrected chi connectivity index (χ2v) is 5.56. The first kappa shape index (κ1) is 17.4. The maximum atomic E-state index is 11.4. The molecule has 0 bridgehead atoms. The predicted molar refractivity (Wildman–Crippen MR) is 81.4 cm³/mol. The van der Waals surface area contributed by atoms with Crippen molar-refractivity contribution in [2.75, 3.05) is 6.54 Å². The quantitative estimate of drug-likeness (QED) is 0.401. The number of nitrogens with zero attached hydrogens (tertiary/aromatic N) is 2. The summed E-state index contributed by atoms with van der Waals surface area (Å²) < 4.78 is 5.08. The van der Waals surface area contributed by atoms with Crippen LogP contribution in [0, 0.1) is 28.9 Å². The van der Waals surface area contributed by atoms with Crippen molar-refractivity contribution in [2.24, 2.45) is 0 Å². The molecule has 0 radical (unpaired) electrons. The zero-order valence-corrected chi connectivity index (χ0v) is 13.1. The highest BCUT2D eigenvalue weighted by Crippen LogP contribution is 2.13. The van der Waals surface area contributed by atoms with E-state index in [2.05, 4.69) is 22.1 Å². The van der Waals surface area contributed by atoms with Crippen LogP contribution in [0.1, 0.15) is 38.4 Å². The molecule has 1 aromatic heterocycles. The zero-order valence-electron chi connectivity index (χ0n) is 13.1. The highest BCUT2D eigenvalue weighted by Gasteiger charge is 2.15. The first-order valence-corrected chi connectivity index (χ1v) is 6.76. The van der Waals surface area contributed by atoms with Crippen molar-refractivity contribution < 1.29 is 14.5 Å². The van der Waals surface area contributed by atoms with Crippen molar-refractivity contribution >= 4 is 11.8 Å². The fraction of sp³-hybridized carbons (Fsp3) is 0.467. The Morgan fingerprint density at radius 1 is 1.50 bits per heavy atom. The number of pyridine rings is 1. The van der Waals surface area contributed by atoms with Crippen LogP contribution >= 0.6 is 0 Å². The van der Waals surface area contributed by atoms with E-state index in [1.807, 2.05) is 0 Å². The van der Waals surface area contributed by atoms with Crippen molar-refractivity contribution in [3.63, 3.8) is 0 Å². The van der Waals surface area contributed by atoms with Gasteiger partial charge >= 0.3 is 6.09 Å². The molecular weight excluding hydrogens is 286 g/mol. The molecule has 1 rings (SSSR count). The molecule has 1 amide bonds. The molecule has 1 aromatic rings. The molecule has 1 heterocycles. The van der Waals surface area contributed by atoms with Crippen molar-refractivity contribution in [2.45, 2.75) is 39.7 Å². The molecule has 0 aliphatic rings. The van der Waals surface area contributed by atoms with E-state index >= 15 is 0 Å². The topological polar surface area (TPSA) is 94.4 Å². The smallest absolute Gasteiger partial charge is 0.407 e. The Morgan fingerprint density at radius 2 is 2.18 bits per heavy atom. The number of nitrogens with one attached hydrogen (secondary N) is 1. The Morgan fingerprint density at radius 3 is 2.77 bits per heavy atom. The van der Waals surface area contributed by atoms with Crippen LogP contribution in [-0.2, 0) is 4.74 Å². The lowest BCUT2D eigenvalue weighted by Crippen LogP contribution is -2.32. The fourth-order valence-corrected chi connectivity index (χ4v) is 1.45. The molecular formula is C15H19N3O4. The van der Waals surface area contributed by atoms with E-state index < -0.39 is 16.6 Å². The van der Waals surface area contributed by atoms with Crippen LogP contribution in [0.2, 0.25) is 0 Å². The molecule has 22 heavy (non-hydrogen) atoms. The van der Waals surface area contributed by atoms with E-state index in [1.165, 1.54) is 12.3 Å². The van der Waals surface area contributed by atoms with Gasteiger partial charge in [0.25, 0.3) is 5.69 Å². The number of hydrogen-bond acceptors (Lipinski definition) is 5. The summed E-state index contributed by atoms with van der Waals surface area (Å²) >= 11 is 0. The van der Waals surface area contributed by atoms with Crippen LogP contribution in [0.15, 0.2) is 12.3 Å². The van der Waals surface area contributed by atoms with Gasteiger partial charge in [-0.25, -0.2) is 4.79 Å². The van der Waals surface area contributed by atoms with Crippen LogP contribution in [0.3, 0.4) is 0 Å². The van der Waals surface area contributed by atoms with E-state index in [-0.39, 0.29) is 5.69 Å². The highest BCUT2D eigenvalue weighted by molar-refractivity contribution is 5.67. The SMILES string of the molecule is Cc1ncc([N+](=O)[O-])cc1C#CCCNC(=O)OC(C)(C)C. The number of carbonyl (C=O) groups is 1. The van der Waals surface area contributed by atoms with Crippen LogP contribution in [0.5, 0.6) is 0 Å². The summed E-state index contributed by atoms with van der Waals surface area (Å²) in [5.41, 5.74) is 0.494. The lowest BCUT2D eigenvalue weighted by atomic mass is 10.2. The number of hydrogen-bond donors (Lipinski definition) is 1. The van der Waals surface area contributed by atoms with E-state index in [0.29, 0.717) is 24.2 Å². The van der Waals surface area contributed by atoms with Gasteiger partial charge in [0.15, 0.2) is 0 Å². The summed E-state index contributed by atoms with van der Waals surface area (Å²) in [4.78, 5) is 25.5. The van der Waals surface area contributed by atoms with Gasteiger partial charge in [-0.15, -0.1) is 0 Å². The lowest BCUT2D eigenvalue weighted by molar-refractivity contribution is -0.385. The molecule has 118 valence electrons. The van der Waals surface area contributed by atoms with Gasteiger partial charge in [-0.2, -0.15) is 0 Å². The predicted octanol–water partition coefficient (Wildman–Crippen LogP) is 2.56. The average molecular weight is 305 g/mol. The third-order valence-electron chi connectivity index (χ3n) is 2.42. The van der Waals surface area contributed by atoms with Crippen LogP contribution in [0.4, 0.5) is 10.5 Å². The Labute approximate surface area is 129 Å². The maximum absolute atomic E-state index is 11.4. The minimum absolute atomic E-state index is 0.0956. The number of aryl methyl sites for hydroxylation is 1. The molecule has 1 N–H and O–H groups in total. The Kier molecular flexibility index (Phi) is 5.87. The number of ether oxygens (including phenoxy) is 1. The van der Waals surface area contributed by atoms with Crippen molar-refractivity contribution in [3.05, 3.63) is 33.6 Å². The number of alkyl carbamates (subject to hydrolysis) is 1. The normalized spacial score (nSPS) is 10.4. The molecule has 0 aliphatic heterocycles. The molecule has 0 aromatic carbocycles. The summed E-state index contributed by atoms with van der Waals surface area (Å²) in [6.07, 6.45) is 1.11. The third kappa shape index (κ3) is 6.22. The summed E-state index contributed by atoms with van der Waals surface area (Å²) in [6.45, 7) is 7.41. The van der Waals surface area contributed by atoms with Crippen molar-refractivity contribution in [1.29, 1.82) is 0 Å². The molecule has 0 fully saturated rings. The monoisotopic (exact) mass is 305 g/mol. The largest absolute Gasteiger partial charge is 0.444 e. The molecule has 0 spiro atoms. The maximum Gasteiger partial charge on any atom is 0.407 e. The van der Waals surface area contributed by atoms with Gasteiger partial charge in [-0.1, -0.05) is 11.8 Å². The molecule has 0 atom stereocenters. The molecule has 0 saturated heterocycles. The summed E-state index contributed by atoms with van der Waals surface area (Å²) in [7, 11) is 0. The lowest BCUT2D eigenvalue weighted by Gasteiger charge is -2.19. The van der Waals surface area contributed by atoms with Gasteiger partial charge in [-0.05, 0) is 27.7 Å². The first-order chi connectivity index (χ1) is 10.2. The number of carbonyl (C=O) groups excluding carboxylic acids is 1. The molecule has 7 heteroatoms. The van der Waals surface area contributed by atoms with Crippen molar-refractivity contribution in [3.8, 4) is 11.8 Å². The Bertz CT molecular complexity index is 624. The number of aromatic nitrogens is 1. The minimum atomic E-state index is -0.540. The minimum Gasteiger partial charge on any atom is -0.444 e. The van der Waals surface area contributed by atoms with E-state index in [1.54, 1.807) is 27.7 Å². The Hall–Kier alpha value is -2.62. The number of nitro groups is 1. The summed E-state index contributed by atoms with van der Waals surface area (Å²) in [6, 6.07) is 1.39. The van der Waals surface area contributed by atoms with E-state index in [0.717, 1.165) is 0 Å². The second-order valence-electron chi connectivity index (χ2n) is 5.56. The van der Waals surface area contributed by atoms with Gasteiger partial charge in [0.05, 0.1) is 16.2 Å². The molecule has 0 unspecified atom stereocenters. The van der Waals surface area contributed by atoms with E-state index in [4.69, 9.17) is 4.74 Å². The molecule has 0 saturated carbocycles. The van der Waals surface area contributed by atoms with Crippen molar-refractivity contribution in [1.82, 2.24) is 10.3 Å². The molecule has 0 aliphatic carbocycles. The van der Waals surface area contributed by atoms with Gasteiger partial charge in [0.2, 0.25) is 0 Å². The van der Waals surface area contributed by atoms with Gasteiger partial charge in [0.1, 0.15) is 11.8 Å². The van der Waals surface area contributed by atoms with Gasteiger partial charge < -0.3 is 10.1 Å².